The average molecular weight is 329 g/mol. The maximum atomic E-state index is 13.4. The van der Waals surface area contributed by atoms with E-state index in [4.69, 9.17) is 11.6 Å². The molecule has 0 saturated heterocycles. The zero-order valence-electron chi connectivity index (χ0n) is 11.5. The molecule has 0 bridgehead atoms. The van der Waals surface area contributed by atoms with Gasteiger partial charge in [-0.05, 0) is 24.3 Å². The molecule has 0 radical (unpaired) electrons. The summed E-state index contributed by atoms with van der Waals surface area (Å²) in [6, 6.07) is 9.97. The molecule has 0 heterocycles. The fraction of sp³-hybridized carbons (Fsp3) is 0.143. The van der Waals surface area contributed by atoms with Gasteiger partial charge in [0.05, 0.1) is 16.4 Å². The Morgan fingerprint density at radius 2 is 1.81 bits per heavy atom. The van der Waals surface area contributed by atoms with E-state index >= 15 is 0 Å². The molecule has 0 aromatic heterocycles. The van der Waals surface area contributed by atoms with Crippen molar-refractivity contribution in [3.05, 3.63) is 53.3 Å². The first-order valence-electron chi connectivity index (χ1n) is 6.05. The van der Waals surface area contributed by atoms with Crippen LogP contribution in [0.25, 0.3) is 0 Å². The predicted molar refractivity (Wildman–Crippen MR) is 83.0 cm³/mol. The van der Waals surface area contributed by atoms with E-state index < -0.39 is 15.8 Å². The largest absolute Gasteiger partial charge is 0.376 e. The molecule has 21 heavy (non-hydrogen) atoms. The molecule has 0 saturated carbocycles. The first-order chi connectivity index (χ1) is 9.81. The van der Waals surface area contributed by atoms with Crippen molar-refractivity contribution in [2.45, 2.75) is 4.90 Å². The van der Waals surface area contributed by atoms with Crippen molar-refractivity contribution >= 4 is 33.0 Å². The zero-order chi connectivity index (χ0) is 15.6. The summed E-state index contributed by atoms with van der Waals surface area (Å²) < 4.78 is 40.5. The summed E-state index contributed by atoms with van der Waals surface area (Å²) in [5.41, 5.74) is 0.701. The Balaban J connectivity index is 2.47. The molecular formula is C14H14ClFN2O2S. The Morgan fingerprint density at radius 1 is 1.14 bits per heavy atom. The van der Waals surface area contributed by atoms with Crippen molar-refractivity contribution in [3.63, 3.8) is 0 Å². The summed E-state index contributed by atoms with van der Waals surface area (Å²) in [5.74, 6) is -0.530. The van der Waals surface area contributed by atoms with E-state index in [0.717, 1.165) is 6.07 Å². The number of nitrogens with zero attached hydrogens (tertiary/aromatic N) is 1. The number of benzene rings is 2. The maximum Gasteiger partial charge on any atom is 0.263 e. The topological polar surface area (TPSA) is 49.4 Å². The molecule has 2 rings (SSSR count). The fourth-order valence-electron chi connectivity index (χ4n) is 1.84. The van der Waals surface area contributed by atoms with E-state index in [1.807, 2.05) is 0 Å². The monoisotopic (exact) mass is 328 g/mol. The van der Waals surface area contributed by atoms with Gasteiger partial charge < -0.3 is 4.90 Å². The molecule has 112 valence electrons. The van der Waals surface area contributed by atoms with Crippen LogP contribution >= 0.6 is 11.6 Å². The molecular weight excluding hydrogens is 315 g/mol. The number of rotatable bonds is 4. The third-order valence-corrected chi connectivity index (χ3v) is 4.68. The van der Waals surface area contributed by atoms with Gasteiger partial charge in [0.2, 0.25) is 0 Å². The van der Waals surface area contributed by atoms with Crippen molar-refractivity contribution < 1.29 is 12.8 Å². The van der Waals surface area contributed by atoms with Crippen LogP contribution in [-0.4, -0.2) is 22.5 Å². The first-order valence-corrected chi connectivity index (χ1v) is 7.91. The van der Waals surface area contributed by atoms with Crippen LogP contribution in [0.1, 0.15) is 0 Å². The molecule has 0 aliphatic rings. The Morgan fingerprint density at radius 3 is 2.43 bits per heavy atom. The minimum absolute atomic E-state index is 0.0550. The Kier molecular flexibility index (Phi) is 4.39. The van der Waals surface area contributed by atoms with Crippen LogP contribution in [0.4, 0.5) is 15.8 Å². The lowest BCUT2D eigenvalue weighted by molar-refractivity contribution is 0.601. The molecule has 2 aromatic rings. The van der Waals surface area contributed by atoms with Crippen molar-refractivity contribution in [3.8, 4) is 0 Å². The Labute approximate surface area is 128 Å². The van der Waals surface area contributed by atoms with Gasteiger partial charge in [-0.2, -0.15) is 0 Å². The predicted octanol–water partition coefficient (Wildman–Crippen LogP) is 3.35. The number of anilines is 2. The third-order valence-electron chi connectivity index (χ3n) is 2.81. The molecule has 4 nitrogen and oxygen atoms in total. The molecule has 0 unspecified atom stereocenters. The van der Waals surface area contributed by atoms with E-state index in [2.05, 4.69) is 4.72 Å². The second kappa shape index (κ2) is 5.91. The van der Waals surface area contributed by atoms with E-state index in [1.165, 1.54) is 24.3 Å². The summed E-state index contributed by atoms with van der Waals surface area (Å²) in [6.07, 6.45) is 0. The molecule has 0 atom stereocenters. The number of hydrogen-bond acceptors (Lipinski definition) is 3. The van der Waals surface area contributed by atoms with E-state index in [-0.39, 0.29) is 15.6 Å². The first kappa shape index (κ1) is 15.6. The third kappa shape index (κ3) is 3.46. The SMILES string of the molecule is CN(C)c1ccc(F)cc1NS(=O)(=O)c1ccccc1Cl. The second-order valence-electron chi connectivity index (χ2n) is 4.59. The van der Waals surface area contributed by atoms with Crippen molar-refractivity contribution in [2.24, 2.45) is 0 Å². The van der Waals surface area contributed by atoms with E-state index in [1.54, 1.807) is 31.1 Å². The van der Waals surface area contributed by atoms with Gasteiger partial charge in [0.15, 0.2) is 0 Å². The van der Waals surface area contributed by atoms with Crippen LogP contribution in [0.2, 0.25) is 5.02 Å². The summed E-state index contributed by atoms with van der Waals surface area (Å²) in [6.45, 7) is 0. The van der Waals surface area contributed by atoms with Gasteiger partial charge in [0.1, 0.15) is 10.7 Å². The van der Waals surface area contributed by atoms with Crippen molar-refractivity contribution in [1.82, 2.24) is 0 Å². The summed E-state index contributed by atoms with van der Waals surface area (Å²) in [7, 11) is -0.419. The maximum absolute atomic E-state index is 13.4. The minimum Gasteiger partial charge on any atom is -0.376 e. The molecule has 1 N–H and O–H groups in total. The van der Waals surface area contributed by atoms with Gasteiger partial charge in [-0.3, -0.25) is 4.72 Å². The lowest BCUT2D eigenvalue weighted by Gasteiger charge is -2.18. The number of halogens is 2. The van der Waals surface area contributed by atoms with Gasteiger partial charge in [-0.15, -0.1) is 0 Å². The molecule has 0 amide bonds. The lowest BCUT2D eigenvalue weighted by Crippen LogP contribution is -2.17. The van der Waals surface area contributed by atoms with Gasteiger partial charge in [0.25, 0.3) is 10.0 Å². The number of nitrogens with one attached hydrogen (secondary N) is 1. The standard InChI is InChI=1S/C14H14ClFN2O2S/c1-18(2)13-8-7-10(16)9-12(13)17-21(19,20)14-6-4-3-5-11(14)15/h3-9,17H,1-2H3. The highest BCUT2D eigenvalue weighted by atomic mass is 35.5. The fourth-order valence-corrected chi connectivity index (χ4v) is 3.43. The summed E-state index contributed by atoms with van der Waals surface area (Å²) >= 11 is 5.90. The molecule has 0 fully saturated rings. The van der Waals surface area contributed by atoms with Crippen LogP contribution in [0.3, 0.4) is 0 Å². The molecule has 2 aromatic carbocycles. The normalized spacial score (nSPS) is 11.2. The molecule has 0 aliphatic heterocycles. The quantitative estimate of drug-likeness (QED) is 0.936. The number of hydrogen-bond donors (Lipinski definition) is 1. The molecule has 0 aliphatic carbocycles. The zero-order valence-corrected chi connectivity index (χ0v) is 13.0. The van der Waals surface area contributed by atoms with Gasteiger partial charge in [-0.25, -0.2) is 12.8 Å². The Hall–Kier alpha value is -1.79. The van der Waals surface area contributed by atoms with Crippen LogP contribution in [0.15, 0.2) is 47.4 Å². The highest BCUT2D eigenvalue weighted by Gasteiger charge is 2.19. The van der Waals surface area contributed by atoms with Crippen LogP contribution in [0, 0.1) is 5.82 Å². The lowest BCUT2D eigenvalue weighted by atomic mass is 10.2. The van der Waals surface area contributed by atoms with E-state index in [9.17, 15) is 12.8 Å². The Bertz CT molecular complexity index is 763. The van der Waals surface area contributed by atoms with Crippen LogP contribution in [-0.2, 0) is 10.0 Å². The summed E-state index contributed by atoms with van der Waals surface area (Å²) in [5, 5.41) is 0.104. The number of sulfonamides is 1. The summed E-state index contributed by atoms with van der Waals surface area (Å²) in [4.78, 5) is 1.63. The highest BCUT2D eigenvalue weighted by molar-refractivity contribution is 7.92. The smallest absolute Gasteiger partial charge is 0.263 e. The van der Waals surface area contributed by atoms with Crippen LogP contribution in [0.5, 0.6) is 0 Å². The minimum atomic E-state index is -3.89. The molecule has 0 spiro atoms. The average Bonchev–Trinajstić information content (AvgIpc) is 2.38. The van der Waals surface area contributed by atoms with Gasteiger partial charge >= 0.3 is 0 Å². The second-order valence-corrected chi connectivity index (χ2v) is 6.65. The molecule has 7 heteroatoms. The van der Waals surface area contributed by atoms with Crippen molar-refractivity contribution in [2.75, 3.05) is 23.7 Å². The van der Waals surface area contributed by atoms with Crippen molar-refractivity contribution in [1.29, 1.82) is 0 Å². The highest BCUT2D eigenvalue weighted by Crippen LogP contribution is 2.29. The van der Waals surface area contributed by atoms with Gasteiger partial charge in [-0.1, -0.05) is 23.7 Å². The van der Waals surface area contributed by atoms with E-state index in [0.29, 0.717) is 5.69 Å². The van der Waals surface area contributed by atoms with Gasteiger partial charge in [0, 0.05) is 20.2 Å². The van der Waals surface area contributed by atoms with Crippen LogP contribution < -0.4 is 9.62 Å².